The third kappa shape index (κ3) is 4.33. The molecule has 1 aromatic heterocycles. The summed E-state index contributed by atoms with van der Waals surface area (Å²) >= 11 is 9.50. The lowest BCUT2D eigenvalue weighted by Crippen LogP contribution is -2.04. The molecule has 0 aliphatic carbocycles. The summed E-state index contributed by atoms with van der Waals surface area (Å²) in [5, 5.41) is 20.6. The molecule has 2 aromatic rings. The SMILES string of the molecule is CCOc1c(Br)cc(Cl)cc1NCc1cn(CCO)nn1. The van der Waals surface area contributed by atoms with Crippen molar-refractivity contribution in [3.05, 3.63) is 33.5 Å². The van der Waals surface area contributed by atoms with E-state index in [0.717, 1.165) is 15.9 Å². The molecule has 0 bridgehead atoms. The minimum absolute atomic E-state index is 0.0337. The fraction of sp³-hybridized carbons (Fsp3) is 0.385. The smallest absolute Gasteiger partial charge is 0.156 e. The molecule has 0 fully saturated rings. The monoisotopic (exact) mass is 374 g/mol. The summed E-state index contributed by atoms with van der Waals surface area (Å²) in [5.74, 6) is 0.713. The zero-order valence-electron chi connectivity index (χ0n) is 11.5. The van der Waals surface area contributed by atoms with E-state index in [4.69, 9.17) is 21.4 Å². The molecule has 0 saturated carbocycles. The molecular formula is C13H16BrClN4O2. The second kappa shape index (κ2) is 7.63. The Kier molecular flexibility index (Phi) is 5.84. The number of benzene rings is 1. The predicted octanol–water partition coefficient (Wildman–Crippen LogP) is 2.70. The van der Waals surface area contributed by atoms with E-state index in [2.05, 4.69) is 31.6 Å². The van der Waals surface area contributed by atoms with Gasteiger partial charge in [-0.25, -0.2) is 4.68 Å². The van der Waals surface area contributed by atoms with Gasteiger partial charge >= 0.3 is 0 Å². The van der Waals surface area contributed by atoms with Crippen LogP contribution < -0.4 is 10.1 Å². The first-order chi connectivity index (χ1) is 10.1. The number of nitrogens with zero attached hydrogens (tertiary/aromatic N) is 3. The summed E-state index contributed by atoms with van der Waals surface area (Å²) in [7, 11) is 0. The van der Waals surface area contributed by atoms with Crippen LogP contribution in [0.5, 0.6) is 5.75 Å². The quantitative estimate of drug-likeness (QED) is 0.778. The second-order valence-electron chi connectivity index (χ2n) is 4.25. The first-order valence-electron chi connectivity index (χ1n) is 6.49. The first-order valence-corrected chi connectivity index (χ1v) is 7.66. The van der Waals surface area contributed by atoms with Gasteiger partial charge < -0.3 is 15.2 Å². The summed E-state index contributed by atoms with van der Waals surface area (Å²) in [5.41, 5.74) is 1.55. The van der Waals surface area contributed by atoms with Crippen molar-refractivity contribution in [3.63, 3.8) is 0 Å². The molecule has 8 heteroatoms. The summed E-state index contributed by atoms with van der Waals surface area (Å²) in [4.78, 5) is 0. The number of nitrogens with one attached hydrogen (secondary N) is 1. The molecule has 0 atom stereocenters. The number of halogens is 2. The standard InChI is InChI=1S/C13H16BrClN4O2/c1-2-21-13-11(14)5-9(15)6-12(13)16-7-10-8-19(3-4-20)18-17-10/h5-6,8,16,20H,2-4,7H2,1H3. The van der Waals surface area contributed by atoms with E-state index in [1.165, 1.54) is 0 Å². The van der Waals surface area contributed by atoms with Crippen molar-refractivity contribution >= 4 is 33.2 Å². The van der Waals surface area contributed by atoms with Crippen LogP contribution in [0, 0.1) is 0 Å². The maximum absolute atomic E-state index is 8.85. The Bertz CT molecular complexity index is 606. The molecule has 21 heavy (non-hydrogen) atoms. The highest BCUT2D eigenvalue weighted by Gasteiger charge is 2.10. The maximum atomic E-state index is 8.85. The van der Waals surface area contributed by atoms with Crippen LogP contribution >= 0.6 is 27.5 Å². The highest BCUT2D eigenvalue weighted by molar-refractivity contribution is 9.10. The van der Waals surface area contributed by atoms with Crippen LogP contribution in [0.4, 0.5) is 5.69 Å². The van der Waals surface area contributed by atoms with Gasteiger partial charge in [0.15, 0.2) is 5.75 Å². The summed E-state index contributed by atoms with van der Waals surface area (Å²) in [6.45, 7) is 3.43. The average Bonchev–Trinajstić information content (AvgIpc) is 2.88. The van der Waals surface area contributed by atoms with Gasteiger partial charge in [0.05, 0.1) is 42.7 Å². The van der Waals surface area contributed by atoms with E-state index in [1.54, 1.807) is 23.0 Å². The Balaban J connectivity index is 2.11. The largest absolute Gasteiger partial charge is 0.491 e. The van der Waals surface area contributed by atoms with Crippen LogP contribution in [-0.2, 0) is 13.1 Å². The van der Waals surface area contributed by atoms with Gasteiger partial charge in [0.25, 0.3) is 0 Å². The number of anilines is 1. The molecule has 1 aromatic carbocycles. The van der Waals surface area contributed by atoms with Gasteiger partial charge in [0.1, 0.15) is 5.69 Å². The van der Waals surface area contributed by atoms with Gasteiger partial charge in [0.2, 0.25) is 0 Å². The number of rotatable bonds is 7. The van der Waals surface area contributed by atoms with Crippen molar-refractivity contribution in [2.24, 2.45) is 0 Å². The van der Waals surface area contributed by atoms with Crippen LogP contribution in [0.3, 0.4) is 0 Å². The molecule has 1 heterocycles. The van der Waals surface area contributed by atoms with Gasteiger partial charge in [-0.1, -0.05) is 16.8 Å². The molecule has 2 rings (SSSR count). The Labute approximate surface area is 136 Å². The van der Waals surface area contributed by atoms with Crippen LogP contribution in [0.2, 0.25) is 5.02 Å². The molecule has 6 nitrogen and oxygen atoms in total. The lowest BCUT2D eigenvalue weighted by atomic mass is 10.3. The molecule has 0 radical (unpaired) electrons. The molecule has 0 amide bonds. The second-order valence-corrected chi connectivity index (χ2v) is 5.54. The molecule has 0 aliphatic heterocycles. The fourth-order valence-electron chi connectivity index (χ4n) is 1.80. The van der Waals surface area contributed by atoms with Gasteiger partial charge in [-0.15, -0.1) is 5.10 Å². The maximum Gasteiger partial charge on any atom is 0.156 e. The lowest BCUT2D eigenvalue weighted by molar-refractivity contribution is 0.268. The summed E-state index contributed by atoms with van der Waals surface area (Å²) in [6, 6.07) is 3.59. The van der Waals surface area contributed by atoms with Crippen LogP contribution in [0.1, 0.15) is 12.6 Å². The molecule has 2 N–H and O–H groups in total. The zero-order chi connectivity index (χ0) is 15.2. The minimum atomic E-state index is 0.0337. The Hall–Kier alpha value is -1.31. The van der Waals surface area contributed by atoms with Crippen molar-refractivity contribution in [3.8, 4) is 5.75 Å². The third-order valence-electron chi connectivity index (χ3n) is 2.67. The van der Waals surface area contributed by atoms with E-state index < -0.39 is 0 Å². The number of ether oxygens (including phenoxy) is 1. The van der Waals surface area contributed by atoms with Crippen molar-refractivity contribution in [1.29, 1.82) is 0 Å². The highest BCUT2D eigenvalue weighted by Crippen LogP contribution is 2.36. The van der Waals surface area contributed by atoms with Crippen molar-refractivity contribution in [1.82, 2.24) is 15.0 Å². The van der Waals surface area contributed by atoms with E-state index in [9.17, 15) is 0 Å². The van der Waals surface area contributed by atoms with Crippen molar-refractivity contribution in [2.45, 2.75) is 20.0 Å². The van der Waals surface area contributed by atoms with Crippen molar-refractivity contribution < 1.29 is 9.84 Å². The molecule has 0 aliphatic rings. The molecule has 0 unspecified atom stereocenters. The fourth-order valence-corrected chi connectivity index (χ4v) is 2.72. The zero-order valence-corrected chi connectivity index (χ0v) is 13.9. The van der Waals surface area contributed by atoms with Crippen LogP contribution in [0.25, 0.3) is 0 Å². The number of hydrogen-bond acceptors (Lipinski definition) is 5. The van der Waals surface area contributed by atoms with Crippen LogP contribution in [0.15, 0.2) is 22.8 Å². The summed E-state index contributed by atoms with van der Waals surface area (Å²) < 4.78 is 8.00. The Morgan fingerprint density at radius 2 is 2.29 bits per heavy atom. The topological polar surface area (TPSA) is 72.2 Å². The number of aliphatic hydroxyl groups is 1. The van der Waals surface area contributed by atoms with E-state index in [-0.39, 0.29) is 6.61 Å². The highest BCUT2D eigenvalue weighted by atomic mass is 79.9. The Morgan fingerprint density at radius 3 is 3.00 bits per heavy atom. The summed E-state index contributed by atoms with van der Waals surface area (Å²) in [6.07, 6.45) is 1.78. The number of aromatic nitrogens is 3. The first kappa shape index (κ1) is 16.1. The number of aliphatic hydroxyl groups excluding tert-OH is 1. The van der Waals surface area contributed by atoms with Gasteiger partial charge in [-0.3, -0.25) is 0 Å². The van der Waals surface area contributed by atoms with E-state index >= 15 is 0 Å². The lowest BCUT2D eigenvalue weighted by Gasteiger charge is -2.13. The normalized spacial score (nSPS) is 10.7. The number of hydrogen-bond donors (Lipinski definition) is 2. The van der Waals surface area contributed by atoms with Crippen molar-refractivity contribution in [2.75, 3.05) is 18.5 Å². The molecule has 114 valence electrons. The van der Waals surface area contributed by atoms with Crippen LogP contribution in [-0.4, -0.2) is 33.3 Å². The minimum Gasteiger partial charge on any atom is -0.491 e. The average molecular weight is 376 g/mol. The third-order valence-corrected chi connectivity index (χ3v) is 3.48. The Morgan fingerprint density at radius 1 is 1.48 bits per heavy atom. The molecule has 0 saturated heterocycles. The van der Waals surface area contributed by atoms with E-state index in [1.807, 2.05) is 6.92 Å². The van der Waals surface area contributed by atoms with E-state index in [0.29, 0.717) is 30.5 Å². The molecule has 0 spiro atoms. The van der Waals surface area contributed by atoms with Gasteiger partial charge in [0, 0.05) is 5.02 Å². The molecular weight excluding hydrogens is 360 g/mol. The van der Waals surface area contributed by atoms with Gasteiger partial charge in [-0.2, -0.15) is 0 Å². The van der Waals surface area contributed by atoms with Gasteiger partial charge in [-0.05, 0) is 35.0 Å². The predicted molar refractivity (Wildman–Crippen MR) is 84.8 cm³/mol.